The first-order valence-electron chi connectivity index (χ1n) is 4.72. The van der Waals surface area contributed by atoms with Crippen LogP contribution in [0.5, 0.6) is 0 Å². The molecule has 16 heavy (non-hydrogen) atoms. The van der Waals surface area contributed by atoms with Crippen LogP contribution in [0.25, 0.3) is 5.69 Å². The predicted octanol–water partition coefficient (Wildman–Crippen LogP) is 2.98. The number of aliphatic hydroxyl groups excluding tert-OH is 1. The maximum atomic E-state index is 9.08. The van der Waals surface area contributed by atoms with E-state index in [1.54, 1.807) is 29.1 Å². The van der Waals surface area contributed by atoms with Gasteiger partial charge in [0, 0.05) is 21.8 Å². The number of aromatic nitrogens is 2. The number of hydrogen-bond donors (Lipinski definition) is 1. The van der Waals surface area contributed by atoms with Crippen molar-refractivity contribution in [3.8, 4) is 5.69 Å². The first kappa shape index (κ1) is 11.5. The van der Waals surface area contributed by atoms with Gasteiger partial charge < -0.3 is 5.11 Å². The van der Waals surface area contributed by atoms with Crippen molar-refractivity contribution in [2.24, 2.45) is 0 Å². The van der Waals surface area contributed by atoms with Gasteiger partial charge in [-0.3, -0.25) is 0 Å². The van der Waals surface area contributed by atoms with Crippen molar-refractivity contribution in [3.63, 3.8) is 0 Å². The Morgan fingerprint density at radius 2 is 1.88 bits per heavy atom. The maximum Gasteiger partial charge on any atom is 0.0715 e. The summed E-state index contributed by atoms with van der Waals surface area (Å²) in [6.07, 6.45) is 1.76. The number of rotatable bonds is 2. The molecule has 0 fully saturated rings. The Morgan fingerprint density at radius 1 is 1.25 bits per heavy atom. The van der Waals surface area contributed by atoms with Gasteiger partial charge in [-0.05, 0) is 25.1 Å². The molecule has 2 rings (SSSR count). The molecule has 5 heteroatoms. The molecular weight excluding hydrogens is 247 g/mol. The zero-order valence-corrected chi connectivity index (χ0v) is 10.1. The van der Waals surface area contributed by atoms with Gasteiger partial charge in [-0.1, -0.05) is 23.2 Å². The summed E-state index contributed by atoms with van der Waals surface area (Å²) >= 11 is 11.8. The van der Waals surface area contributed by atoms with Crippen molar-refractivity contribution in [1.29, 1.82) is 0 Å². The van der Waals surface area contributed by atoms with E-state index >= 15 is 0 Å². The predicted molar refractivity (Wildman–Crippen MR) is 64.2 cm³/mol. The molecule has 1 aromatic carbocycles. The Morgan fingerprint density at radius 3 is 2.38 bits per heavy atom. The van der Waals surface area contributed by atoms with Gasteiger partial charge in [-0.2, -0.15) is 5.10 Å². The zero-order valence-electron chi connectivity index (χ0n) is 8.61. The van der Waals surface area contributed by atoms with Gasteiger partial charge in [-0.25, -0.2) is 4.68 Å². The lowest BCUT2D eigenvalue weighted by molar-refractivity contribution is 0.281. The fourth-order valence-corrected chi connectivity index (χ4v) is 1.97. The summed E-state index contributed by atoms with van der Waals surface area (Å²) in [5.74, 6) is 0. The molecule has 0 saturated heterocycles. The molecule has 0 aliphatic rings. The van der Waals surface area contributed by atoms with E-state index in [1.807, 2.05) is 6.92 Å². The molecule has 0 atom stereocenters. The van der Waals surface area contributed by atoms with Gasteiger partial charge >= 0.3 is 0 Å². The van der Waals surface area contributed by atoms with E-state index in [2.05, 4.69) is 5.10 Å². The van der Waals surface area contributed by atoms with E-state index in [-0.39, 0.29) is 6.61 Å². The number of hydrogen-bond acceptors (Lipinski definition) is 2. The molecule has 0 bridgehead atoms. The first-order chi connectivity index (χ1) is 7.60. The minimum Gasteiger partial charge on any atom is -0.392 e. The lowest BCUT2D eigenvalue weighted by Gasteiger charge is -2.02. The average molecular weight is 257 g/mol. The summed E-state index contributed by atoms with van der Waals surface area (Å²) in [7, 11) is 0. The largest absolute Gasteiger partial charge is 0.392 e. The number of aryl methyl sites for hydroxylation is 1. The molecule has 0 aliphatic carbocycles. The van der Waals surface area contributed by atoms with Crippen LogP contribution < -0.4 is 0 Å². The highest BCUT2D eigenvalue weighted by molar-refractivity contribution is 6.34. The molecule has 1 aromatic heterocycles. The molecule has 1 N–H and O–H groups in total. The molecule has 1 heterocycles. The van der Waals surface area contributed by atoms with E-state index in [4.69, 9.17) is 28.3 Å². The summed E-state index contributed by atoms with van der Waals surface area (Å²) in [6, 6.07) is 5.19. The number of halogens is 2. The molecule has 2 aromatic rings. The highest BCUT2D eigenvalue weighted by atomic mass is 35.5. The van der Waals surface area contributed by atoms with E-state index in [0.29, 0.717) is 10.0 Å². The van der Waals surface area contributed by atoms with Gasteiger partial charge in [0.1, 0.15) is 0 Å². The maximum absolute atomic E-state index is 9.08. The first-order valence-corrected chi connectivity index (χ1v) is 5.48. The van der Waals surface area contributed by atoms with Gasteiger partial charge in [0.05, 0.1) is 18.0 Å². The van der Waals surface area contributed by atoms with Crippen LogP contribution in [0.3, 0.4) is 0 Å². The fourth-order valence-electron chi connectivity index (χ4n) is 1.45. The van der Waals surface area contributed by atoms with E-state index in [1.165, 1.54) is 0 Å². The van der Waals surface area contributed by atoms with Crippen LogP contribution in [0.2, 0.25) is 10.0 Å². The van der Waals surface area contributed by atoms with Gasteiger partial charge in [0.2, 0.25) is 0 Å². The van der Waals surface area contributed by atoms with E-state index < -0.39 is 0 Å². The summed E-state index contributed by atoms with van der Waals surface area (Å²) in [6.45, 7) is 1.81. The second kappa shape index (κ2) is 4.45. The molecule has 0 amide bonds. The zero-order chi connectivity index (χ0) is 11.7. The molecule has 0 saturated carbocycles. The summed E-state index contributed by atoms with van der Waals surface area (Å²) in [5.41, 5.74) is 2.36. The highest BCUT2D eigenvalue weighted by Gasteiger charge is 2.06. The molecule has 0 radical (unpaired) electrons. The van der Waals surface area contributed by atoms with Gasteiger partial charge in [0.25, 0.3) is 0 Å². The third-order valence-electron chi connectivity index (χ3n) is 2.28. The molecule has 84 valence electrons. The van der Waals surface area contributed by atoms with Crippen LogP contribution >= 0.6 is 23.2 Å². The standard InChI is InChI=1S/C11H10Cl2N2O/c1-7-8(6-16)5-15(14-7)11-3-9(12)2-10(13)4-11/h2-5,16H,6H2,1H3. The molecular formula is C11H10Cl2N2O. The summed E-state index contributed by atoms with van der Waals surface area (Å²) in [4.78, 5) is 0. The number of nitrogens with zero attached hydrogens (tertiary/aromatic N) is 2. The van der Waals surface area contributed by atoms with Crippen molar-refractivity contribution in [2.45, 2.75) is 13.5 Å². The Labute approximate surface area is 103 Å². The van der Waals surface area contributed by atoms with Crippen LogP contribution in [-0.2, 0) is 6.61 Å². The smallest absolute Gasteiger partial charge is 0.0715 e. The minimum atomic E-state index is -0.0276. The van der Waals surface area contributed by atoms with Crippen LogP contribution in [0.1, 0.15) is 11.3 Å². The number of benzene rings is 1. The van der Waals surface area contributed by atoms with Crippen molar-refractivity contribution in [2.75, 3.05) is 0 Å². The van der Waals surface area contributed by atoms with Crippen LogP contribution in [0, 0.1) is 6.92 Å². The summed E-state index contributed by atoms with van der Waals surface area (Å²) < 4.78 is 1.65. The third-order valence-corrected chi connectivity index (χ3v) is 2.72. The molecule has 0 aliphatic heterocycles. The third kappa shape index (κ3) is 2.21. The van der Waals surface area contributed by atoms with Crippen molar-refractivity contribution in [1.82, 2.24) is 9.78 Å². The fraction of sp³-hybridized carbons (Fsp3) is 0.182. The Kier molecular flexibility index (Phi) is 3.19. The molecule has 0 unspecified atom stereocenters. The average Bonchev–Trinajstić information content (AvgIpc) is 2.58. The molecule has 3 nitrogen and oxygen atoms in total. The minimum absolute atomic E-state index is 0.0276. The Balaban J connectivity index is 2.49. The van der Waals surface area contributed by atoms with Crippen LogP contribution in [-0.4, -0.2) is 14.9 Å². The molecule has 0 spiro atoms. The number of aliphatic hydroxyl groups is 1. The highest BCUT2D eigenvalue weighted by Crippen LogP contribution is 2.22. The van der Waals surface area contributed by atoms with E-state index in [0.717, 1.165) is 16.9 Å². The Bertz CT molecular complexity index is 502. The van der Waals surface area contributed by atoms with E-state index in [9.17, 15) is 0 Å². The lowest BCUT2D eigenvalue weighted by Crippen LogP contribution is -1.94. The normalized spacial score (nSPS) is 10.8. The van der Waals surface area contributed by atoms with Gasteiger partial charge in [-0.15, -0.1) is 0 Å². The lowest BCUT2D eigenvalue weighted by atomic mass is 10.3. The topological polar surface area (TPSA) is 38.0 Å². The second-order valence-electron chi connectivity index (χ2n) is 3.47. The second-order valence-corrected chi connectivity index (χ2v) is 4.34. The Hall–Kier alpha value is -1.03. The monoisotopic (exact) mass is 256 g/mol. The summed E-state index contributed by atoms with van der Waals surface area (Å²) in [5, 5.41) is 14.5. The van der Waals surface area contributed by atoms with Crippen molar-refractivity contribution in [3.05, 3.63) is 45.7 Å². The van der Waals surface area contributed by atoms with Crippen molar-refractivity contribution < 1.29 is 5.11 Å². The van der Waals surface area contributed by atoms with Crippen molar-refractivity contribution >= 4 is 23.2 Å². The quantitative estimate of drug-likeness (QED) is 0.898. The SMILES string of the molecule is Cc1nn(-c2cc(Cl)cc(Cl)c2)cc1CO. The van der Waals surface area contributed by atoms with Crippen LogP contribution in [0.4, 0.5) is 0 Å². The van der Waals surface area contributed by atoms with Crippen LogP contribution in [0.15, 0.2) is 24.4 Å². The van der Waals surface area contributed by atoms with Gasteiger partial charge in [0.15, 0.2) is 0 Å².